The number of fused-ring (bicyclic) bond motifs is 1. The molecule has 1 heteroatoms. The van der Waals surface area contributed by atoms with Crippen LogP contribution in [0.1, 0.15) is 98.3 Å². The standard InChI is InChI=1S/C25H36O/c1-16(2)10-11-20-17(3)19-14-18(23(4,5)6)15-21(24(7,8)9)22(19)26-25(20)12-13-25/h10,14-15H,11-13H2,1-9H3. The van der Waals surface area contributed by atoms with Crippen LogP contribution < -0.4 is 4.74 Å². The Morgan fingerprint density at radius 3 is 2.12 bits per heavy atom. The first kappa shape index (κ1) is 19.3. The largest absolute Gasteiger partial charge is 0.482 e. The maximum Gasteiger partial charge on any atom is 0.131 e. The molecule has 26 heavy (non-hydrogen) atoms. The van der Waals surface area contributed by atoms with Gasteiger partial charge >= 0.3 is 0 Å². The second-order valence-electron chi connectivity index (χ2n) is 10.6. The topological polar surface area (TPSA) is 9.23 Å². The lowest BCUT2D eigenvalue weighted by atomic mass is 9.76. The fourth-order valence-electron chi connectivity index (χ4n) is 3.93. The van der Waals surface area contributed by atoms with Crippen LogP contribution in [0.2, 0.25) is 0 Å². The summed E-state index contributed by atoms with van der Waals surface area (Å²) in [7, 11) is 0. The van der Waals surface area contributed by atoms with Gasteiger partial charge in [0.05, 0.1) is 0 Å². The van der Waals surface area contributed by atoms with Gasteiger partial charge in [-0.1, -0.05) is 59.3 Å². The molecule has 0 unspecified atom stereocenters. The molecular formula is C25H36O. The third-order valence-electron chi connectivity index (χ3n) is 5.89. The van der Waals surface area contributed by atoms with Gasteiger partial charge in [0.25, 0.3) is 0 Å². The number of rotatable bonds is 2. The van der Waals surface area contributed by atoms with Gasteiger partial charge in [0.15, 0.2) is 0 Å². The Morgan fingerprint density at radius 2 is 1.65 bits per heavy atom. The number of allylic oxidation sites excluding steroid dienone is 3. The third kappa shape index (κ3) is 3.38. The molecule has 1 nitrogen and oxygen atoms in total. The number of benzene rings is 1. The van der Waals surface area contributed by atoms with Crippen molar-refractivity contribution in [3.8, 4) is 5.75 Å². The van der Waals surface area contributed by atoms with Crippen LogP contribution in [-0.2, 0) is 10.8 Å². The molecule has 1 fully saturated rings. The molecule has 0 aromatic heterocycles. The minimum atomic E-state index is -0.0354. The van der Waals surface area contributed by atoms with Gasteiger partial charge in [0.1, 0.15) is 11.4 Å². The quantitative estimate of drug-likeness (QED) is 0.506. The Labute approximate surface area is 160 Å². The fourth-order valence-corrected chi connectivity index (χ4v) is 3.93. The molecule has 2 aliphatic rings. The van der Waals surface area contributed by atoms with E-state index in [4.69, 9.17) is 4.74 Å². The van der Waals surface area contributed by atoms with Crippen LogP contribution in [0.3, 0.4) is 0 Å². The Balaban J connectivity index is 2.25. The first-order chi connectivity index (χ1) is 11.8. The van der Waals surface area contributed by atoms with E-state index < -0.39 is 0 Å². The molecule has 0 N–H and O–H groups in total. The average Bonchev–Trinajstić information content (AvgIpc) is 3.23. The second-order valence-corrected chi connectivity index (χ2v) is 10.6. The Morgan fingerprint density at radius 1 is 1.04 bits per heavy atom. The first-order valence-electron chi connectivity index (χ1n) is 10.1. The molecule has 1 aromatic rings. The highest BCUT2D eigenvalue weighted by molar-refractivity contribution is 5.79. The van der Waals surface area contributed by atoms with E-state index >= 15 is 0 Å². The van der Waals surface area contributed by atoms with E-state index in [1.54, 1.807) is 0 Å². The summed E-state index contributed by atoms with van der Waals surface area (Å²) in [6.45, 7) is 20.5. The van der Waals surface area contributed by atoms with Crippen molar-refractivity contribution in [2.75, 3.05) is 0 Å². The molecule has 0 amide bonds. The molecule has 1 aliphatic carbocycles. The smallest absolute Gasteiger partial charge is 0.131 e. The summed E-state index contributed by atoms with van der Waals surface area (Å²) in [5.74, 6) is 1.14. The summed E-state index contributed by atoms with van der Waals surface area (Å²) >= 11 is 0. The summed E-state index contributed by atoms with van der Waals surface area (Å²) in [6.07, 6.45) is 5.67. The van der Waals surface area contributed by atoms with Crippen molar-refractivity contribution in [3.05, 3.63) is 46.0 Å². The van der Waals surface area contributed by atoms with Gasteiger partial charge in [-0.15, -0.1) is 0 Å². The van der Waals surface area contributed by atoms with E-state index in [0.29, 0.717) is 0 Å². The van der Waals surface area contributed by atoms with Crippen molar-refractivity contribution >= 4 is 5.57 Å². The molecule has 1 saturated carbocycles. The maximum absolute atomic E-state index is 6.78. The summed E-state index contributed by atoms with van der Waals surface area (Å²) in [5, 5.41) is 0. The van der Waals surface area contributed by atoms with E-state index in [0.717, 1.165) is 25.0 Å². The predicted molar refractivity (Wildman–Crippen MR) is 113 cm³/mol. The van der Waals surface area contributed by atoms with Crippen LogP contribution >= 0.6 is 0 Å². The lowest BCUT2D eigenvalue weighted by molar-refractivity contribution is 0.204. The van der Waals surface area contributed by atoms with E-state index in [2.05, 4.69) is 80.5 Å². The monoisotopic (exact) mass is 352 g/mol. The van der Waals surface area contributed by atoms with Gasteiger partial charge < -0.3 is 4.74 Å². The molecular weight excluding hydrogens is 316 g/mol. The molecule has 0 radical (unpaired) electrons. The number of hydrogen-bond donors (Lipinski definition) is 0. The van der Waals surface area contributed by atoms with Gasteiger partial charge in [0, 0.05) is 11.1 Å². The summed E-state index contributed by atoms with van der Waals surface area (Å²) in [5.41, 5.74) is 8.55. The molecule has 3 rings (SSSR count). The molecule has 0 saturated heterocycles. The summed E-state index contributed by atoms with van der Waals surface area (Å²) in [4.78, 5) is 0. The third-order valence-corrected chi connectivity index (χ3v) is 5.89. The van der Waals surface area contributed by atoms with E-state index in [9.17, 15) is 0 Å². The lowest BCUT2D eigenvalue weighted by Crippen LogP contribution is -2.29. The van der Waals surface area contributed by atoms with Crippen molar-refractivity contribution in [1.29, 1.82) is 0 Å². The molecule has 1 aliphatic heterocycles. The van der Waals surface area contributed by atoms with Crippen LogP contribution in [0.4, 0.5) is 0 Å². The van der Waals surface area contributed by atoms with Crippen molar-refractivity contribution in [2.24, 2.45) is 0 Å². The van der Waals surface area contributed by atoms with Crippen molar-refractivity contribution in [1.82, 2.24) is 0 Å². The zero-order chi connectivity index (χ0) is 19.5. The Bertz CT molecular complexity index is 783. The average molecular weight is 353 g/mol. The van der Waals surface area contributed by atoms with Gasteiger partial charge in [-0.25, -0.2) is 0 Å². The normalized spacial score (nSPS) is 18.5. The minimum absolute atomic E-state index is 0.0354. The summed E-state index contributed by atoms with van der Waals surface area (Å²) < 4.78 is 6.78. The molecule has 1 spiro atoms. The van der Waals surface area contributed by atoms with Crippen molar-refractivity contribution < 1.29 is 4.74 Å². The highest BCUT2D eigenvalue weighted by Crippen LogP contribution is 2.56. The van der Waals surface area contributed by atoms with Crippen LogP contribution in [0.5, 0.6) is 5.75 Å². The van der Waals surface area contributed by atoms with E-state index in [1.165, 1.54) is 33.4 Å². The first-order valence-corrected chi connectivity index (χ1v) is 10.1. The molecule has 1 aromatic carbocycles. The molecule has 142 valence electrons. The Kier molecular flexibility index (Phi) is 4.45. The molecule has 1 heterocycles. The van der Waals surface area contributed by atoms with Crippen LogP contribution in [0.15, 0.2) is 29.4 Å². The molecule has 0 bridgehead atoms. The highest BCUT2D eigenvalue weighted by atomic mass is 16.5. The highest BCUT2D eigenvalue weighted by Gasteiger charge is 2.52. The maximum atomic E-state index is 6.78. The molecule has 0 atom stereocenters. The van der Waals surface area contributed by atoms with Crippen LogP contribution in [0, 0.1) is 0 Å². The van der Waals surface area contributed by atoms with Gasteiger partial charge in [0.2, 0.25) is 0 Å². The summed E-state index contributed by atoms with van der Waals surface area (Å²) in [6, 6.07) is 4.78. The zero-order valence-corrected chi connectivity index (χ0v) is 18.3. The number of ether oxygens (including phenoxy) is 1. The predicted octanol–water partition coefficient (Wildman–Crippen LogP) is 7.34. The van der Waals surface area contributed by atoms with Gasteiger partial charge in [-0.2, -0.15) is 0 Å². The van der Waals surface area contributed by atoms with E-state index in [-0.39, 0.29) is 16.4 Å². The van der Waals surface area contributed by atoms with Crippen molar-refractivity contribution in [3.63, 3.8) is 0 Å². The zero-order valence-electron chi connectivity index (χ0n) is 18.3. The minimum Gasteiger partial charge on any atom is -0.482 e. The number of hydrogen-bond acceptors (Lipinski definition) is 1. The van der Waals surface area contributed by atoms with Crippen LogP contribution in [0.25, 0.3) is 5.57 Å². The van der Waals surface area contributed by atoms with Crippen LogP contribution in [-0.4, -0.2) is 5.60 Å². The van der Waals surface area contributed by atoms with Gasteiger partial charge in [-0.3, -0.25) is 0 Å². The second kappa shape index (κ2) is 6.01. The Hall–Kier alpha value is -1.50. The van der Waals surface area contributed by atoms with E-state index in [1.807, 2.05) is 0 Å². The SMILES string of the molecule is CC(C)=CCC1=C(C)c2cc(C(C)(C)C)cc(C(C)(C)C)c2OC12CC2. The van der Waals surface area contributed by atoms with Gasteiger partial charge in [-0.05, 0) is 73.6 Å². The fraction of sp³-hybridized carbons (Fsp3) is 0.600. The lowest BCUT2D eigenvalue weighted by Gasteiger charge is -2.36. The van der Waals surface area contributed by atoms with Crippen molar-refractivity contribution in [2.45, 2.75) is 98.0 Å².